The lowest BCUT2D eigenvalue weighted by atomic mass is 10.2. The van der Waals surface area contributed by atoms with Crippen LogP contribution in [0.2, 0.25) is 0 Å². The minimum Gasteiger partial charge on any atom is -0.390 e. The lowest BCUT2D eigenvalue weighted by molar-refractivity contribution is -0.158. The van der Waals surface area contributed by atoms with Gasteiger partial charge in [-0.25, -0.2) is 9.59 Å². The number of rotatable bonds is 7. The molecule has 0 saturated heterocycles. The van der Waals surface area contributed by atoms with E-state index in [9.17, 15) is 19.2 Å². The van der Waals surface area contributed by atoms with Crippen molar-refractivity contribution in [1.82, 2.24) is 0 Å². The molecule has 0 aliphatic carbocycles. The van der Waals surface area contributed by atoms with E-state index >= 15 is 0 Å². The minimum absolute atomic E-state index is 0.00225. The summed E-state index contributed by atoms with van der Waals surface area (Å²) in [6.45, 7) is 6.28. The van der Waals surface area contributed by atoms with Crippen LogP contribution in [0.4, 0.5) is 0 Å². The van der Waals surface area contributed by atoms with Crippen LogP contribution in [0.1, 0.15) is 25.7 Å². The van der Waals surface area contributed by atoms with Gasteiger partial charge in [0.25, 0.3) is 0 Å². The van der Waals surface area contributed by atoms with Gasteiger partial charge in [0.15, 0.2) is 0 Å². The molecule has 0 bridgehead atoms. The molecule has 0 fully saturated rings. The number of hydrogen-bond acceptors (Lipinski definition) is 6. The zero-order valence-corrected chi connectivity index (χ0v) is 9.85. The van der Waals surface area contributed by atoms with Crippen LogP contribution < -0.4 is 0 Å². The zero-order valence-electron chi connectivity index (χ0n) is 9.85. The maximum absolute atomic E-state index is 11.0. The molecule has 0 unspecified atom stereocenters. The van der Waals surface area contributed by atoms with Gasteiger partial charge in [0.2, 0.25) is 0 Å². The number of hydrogen-bond donors (Lipinski definition) is 0. The van der Waals surface area contributed by atoms with Crippen molar-refractivity contribution in [1.29, 1.82) is 0 Å². The fraction of sp³-hybridized carbons (Fsp3) is 0.333. The fourth-order valence-electron chi connectivity index (χ4n) is 0.948. The topological polar surface area (TPSA) is 86.7 Å². The molecule has 18 heavy (non-hydrogen) atoms. The third-order valence-corrected chi connectivity index (χ3v) is 1.77. The second-order valence-corrected chi connectivity index (χ2v) is 3.20. The van der Waals surface area contributed by atoms with E-state index in [1.165, 1.54) is 0 Å². The Balaban J connectivity index is 3.67. The first-order valence-corrected chi connectivity index (χ1v) is 5.23. The predicted octanol–water partition coefficient (Wildman–Crippen LogP) is 1.06. The Morgan fingerprint density at radius 3 is 1.39 bits per heavy atom. The molecule has 0 spiro atoms. The van der Waals surface area contributed by atoms with Gasteiger partial charge < -0.3 is 9.47 Å². The molecule has 0 heterocycles. The molecule has 0 aromatic carbocycles. The molecule has 0 amide bonds. The highest BCUT2D eigenvalue weighted by atomic mass is 16.6. The molecule has 0 rings (SSSR count). The smallest absolute Gasteiger partial charge is 0.337 e. The molecule has 6 heteroatoms. The first-order valence-electron chi connectivity index (χ1n) is 5.23. The van der Waals surface area contributed by atoms with E-state index in [0.717, 1.165) is 12.2 Å². The molecule has 6 nitrogen and oxygen atoms in total. The van der Waals surface area contributed by atoms with E-state index in [1.54, 1.807) is 0 Å². The third-order valence-electron chi connectivity index (χ3n) is 1.77. The average Bonchev–Trinajstić information content (AvgIpc) is 2.34. The van der Waals surface area contributed by atoms with Crippen LogP contribution in [0.3, 0.4) is 0 Å². The Morgan fingerprint density at radius 2 is 1.11 bits per heavy atom. The molecule has 98 valence electrons. The summed E-state index contributed by atoms with van der Waals surface area (Å²) in [7, 11) is 0. The summed E-state index contributed by atoms with van der Waals surface area (Å²) in [5.41, 5.74) is 0. The Kier molecular flexibility index (Phi) is 7.76. The Labute approximate surface area is 104 Å². The lowest BCUT2D eigenvalue weighted by Crippen LogP contribution is -2.11. The standard InChI is InChI=1S/C12H14O6/c1-3-9(13)17-11(15)7-5-6-8-12(16)18-10(14)4-2/h3-4H,1-2,5-8H2. The van der Waals surface area contributed by atoms with Crippen molar-refractivity contribution in [3.8, 4) is 0 Å². The van der Waals surface area contributed by atoms with E-state index in [2.05, 4.69) is 22.6 Å². The summed E-state index contributed by atoms with van der Waals surface area (Å²) in [5, 5.41) is 0. The molecule has 0 atom stereocenters. The molecule has 0 aliphatic heterocycles. The van der Waals surface area contributed by atoms with Crippen LogP contribution in [-0.4, -0.2) is 23.9 Å². The van der Waals surface area contributed by atoms with Crippen molar-refractivity contribution < 1.29 is 28.7 Å². The average molecular weight is 254 g/mol. The van der Waals surface area contributed by atoms with Crippen LogP contribution in [0.25, 0.3) is 0 Å². The predicted molar refractivity (Wildman–Crippen MR) is 61.1 cm³/mol. The van der Waals surface area contributed by atoms with Crippen molar-refractivity contribution >= 4 is 23.9 Å². The molecule has 0 N–H and O–H groups in total. The van der Waals surface area contributed by atoms with Crippen molar-refractivity contribution in [2.45, 2.75) is 25.7 Å². The summed E-state index contributed by atoms with van der Waals surface area (Å²) < 4.78 is 8.62. The highest BCUT2D eigenvalue weighted by Gasteiger charge is 2.09. The van der Waals surface area contributed by atoms with Gasteiger partial charge in [-0.05, 0) is 12.8 Å². The fourth-order valence-corrected chi connectivity index (χ4v) is 0.948. The van der Waals surface area contributed by atoms with Crippen LogP contribution in [-0.2, 0) is 28.7 Å². The van der Waals surface area contributed by atoms with Crippen LogP contribution in [0, 0.1) is 0 Å². The van der Waals surface area contributed by atoms with Gasteiger partial charge in [-0.2, -0.15) is 0 Å². The van der Waals surface area contributed by atoms with Gasteiger partial charge in [-0.3, -0.25) is 9.59 Å². The van der Waals surface area contributed by atoms with E-state index in [0.29, 0.717) is 12.8 Å². The normalized spacial score (nSPS) is 9.11. The largest absolute Gasteiger partial charge is 0.390 e. The summed E-state index contributed by atoms with van der Waals surface area (Å²) >= 11 is 0. The molecule has 0 aliphatic rings. The van der Waals surface area contributed by atoms with Crippen molar-refractivity contribution in [3.63, 3.8) is 0 Å². The molecular weight excluding hydrogens is 240 g/mol. The summed E-state index contributed by atoms with van der Waals surface area (Å²) in [6.07, 6.45) is 2.47. The van der Waals surface area contributed by atoms with E-state index in [4.69, 9.17) is 0 Å². The van der Waals surface area contributed by atoms with Crippen molar-refractivity contribution in [2.24, 2.45) is 0 Å². The van der Waals surface area contributed by atoms with Gasteiger partial charge in [0.1, 0.15) is 0 Å². The van der Waals surface area contributed by atoms with Crippen LogP contribution in [0.15, 0.2) is 25.3 Å². The van der Waals surface area contributed by atoms with Gasteiger partial charge in [-0.1, -0.05) is 13.2 Å². The van der Waals surface area contributed by atoms with Crippen LogP contribution in [0.5, 0.6) is 0 Å². The summed E-state index contributed by atoms with van der Waals surface area (Å²) in [4.78, 5) is 43.3. The van der Waals surface area contributed by atoms with E-state index in [-0.39, 0.29) is 12.8 Å². The number of ether oxygens (including phenoxy) is 2. The Hall–Kier alpha value is -2.24. The Bertz CT molecular complexity index is 333. The van der Waals surface area contributed by atoms with Crippen molar-refractivity contribution in [2.75, 3.05) is 0 Å². The Morgan fingerprint density at radius 1 is 0.778 bits per heavy atom. The molecule has 0 aromatic rings. The number of carbonyl (C=O) groups is 4. The first kappa shape index (κ1) is 15.8. The monoisotopic (exact) mass is 254 g/mol. The first-order chi connectivity index (χ1) is 8.49. The van der Waals surface area contributed by atoms with Crippen LogP contribution >= 0.6 is 0 Å². The van der Waals surface area contributed by atoms with Gasteiger partial charge >= 0.3 is 23.9 Å². The summed E-state index contributed by atoms with van der Waals surface area (Å²) in [6, 6.07) is 0. The highest BCUT2D eigenvalue weighted by molar-refractivity contribution is 5.92. The van der Waals surface area contributed by atoms with Gasteiger partial charge in [0, 0.05) is 25.0 Å². The van der Waals surface area contributed by atoms with E-state index in [1.807, 2.05) is 0 Å². The van der Waals surface area contributed by atoms with E-state index < -0.39 is 23.9 Å². The number of esters is 4. The maximum Gasteiger partial charge on any atom is 0.337 e. The summed E-state index contributed by atoms with van der Waals surface area (Å²) in [5.74, 6) is -2.99. The maximum atomic E-state index is 11.0. The number of unbranched alkanes of at least 4 members (excludes halogenated alkanes) is 1. The molecular formula is C12H14O6. The zero-order chi connectivity index (χ0) is 14.0. The van der Waals surface area contributed by atoms with Gasteiger partial charge in [0.05, 0.1) is 0 Å². The molecule has 0 saturated carbocycles. The third kappa shape index (κ3) is 7.98. The second kappa shape index (κ2) is 8.86. The highest BCUT2D eigenvalue weighted by Crippen LogP contribution is 2.03. The lowest BCUT2D eigenvalue weighted by Gasteiger charge is -2.01. The number of carbonyl (C=O) groups excluding carboxylic acids is 4. The second-order valence-electron chi connectivity index (χ2n) is 3.20. The molecule has 0 aromatic heterocycles. The van der Waals surface area contributed by atoms with Gasteiger partial charge in [-0.15, -0.1) is 0 Å². The molecule has 0 radical (unpaired) electrons. The van der Waals surface area contributed by atoms with Crippen molar-refractivity contribution in [3.05, 3.63) is 25.3 Å². The quantitative estimate of drug-likeness (QED) is 0.292. The minimum atomic E-state index is -0.809. The SMILES string of the molecule is C=CC(=O)OC(=O)CCCCC(=O)OC(=O)C=C.